The van der Waals surface area contributed by atoms with Crippen LogP contribution in [0.25, 0.3) is 0 Å². The number of hydrogen-bond acceptors (Lipinski definition) is 1. The molecule has 0 spiro atoms. The molecule has 1 N–H and O–H groups in total. The van der Waals surface area contributed by atoms with E-state index in [1.165, 1.54) is 12.1 Å². The maximum atomic E-state index is 8.82. The van der Waals surface area contributed by atoms with Crippen molar-refractivity contribution in [3.8, 4) is 5.75 Å². The first-order chi connectivity index (χ1) is 4.20. The van der Waals surface area contributed by atoms with Crippen LogP contribution in [0.5, 0.6) is 5.75 Å². The second-order valence-corrected chi connectivity index (χ2v) is 2.75. The summed E-state index contributed by atoms with van der Waals surface area (Å²) in [6, 6.07) is 5.56. The number of phenols is 1. The lowest BCUT2D eigenvalue weighted by Gasteiger charge is -1.93. The van der Waals surface area contributed by atoms with Gasteiger partial charge in [0.25, 0.3) is 0 Å². The second-order valence-electron chi connectivity index (χ2n) is 1.52. The molecule has 0 aromatic heterocycles. The Balaban J connectivity index is 3.17. The zero-order chi connectivity index (χ0) is 6.85. The van der Waals surface area contributed by atoms with Gasteiger partial charge in [-0.25, -0.2) is 0 Å². The van der Waals surface area contributed by atoms with Crippen LogP contribution < -0.4 is 0 Å². The van der Waals surface area contributed by atoms with Crippen LogP contribution in [0.3, 0.4) is 0 Å². The molecule has 0 aliphatic carbocycles. The maximum absolute atomic E-state index is 8.82. The van der Waals surface area contributed by atoms with Gasteiger partial charge in [-0.3, -0.25) is 0 Å². The molecule has 3 heteroatoms. The highest BCUT2D eigenvalue weighted by atomic mass is 79.9. The SMILES string of the molecule is Oc1c[c]c(Cl)c(Br)c1. The maximum Gasteiger partial charge on any atom is 0.117 e. The molecule has 1 nitrogen and oxygen atoms in total. The number of benzene rings is 1. The Morgan fingerprint density at radius 1 is 1.67 bits per heavy atom. The van der Waals surface area contributed by atoms with Crippen LogP contribution in [-0.2, 0) is 0 Å². The third-order valence-electron chi connectivity index (χ3n) is 0.831. The summed E-state index contributed by atoms with van der Waals surface area (Å²) in [5, 5.41) is 9.30. The second kappa shape index (κ2) is 2.58. The van der Waals surface area contributed by atoms with Gasteiger partial charge in [-0.2, -0.15) is 0 Å². The Kier molecular flexibility index (Phi) is 1.98. The van der Waals surface area contributed by atoms with Crippen molar-refractivity contribution in [2.75, 3.05) is 0 Å². The lowest BCUT2D eigenvalue weighted by molar-refractivity contribution is 0.475. The summed E-state index contributed by atoms with van der Waals surface area (Å²) >= 11 is 8.69. The molecule has 0 aliphatic heterocycles. The van der Waals surface area contributed by atoms with Gasteiger partial charge >= 0.3 is 0 Å². The van der Waals surface area contributed by atoms with E-state index in [0.717, 1.165) is 0 Å². The van der Waals surface area contributed by atoms with Gasteiger partial charge in [0, 0.05) is 10.5 Å². The van der Waals surface area contributed by atoms with Gasteiger partial charge in [-0.1, -0.05) is 11.6 Å². The van der Waals surface area contributed by atoms with Crippen LogP contribution in [-0.4, -0.2) is 5.11 Å². The van der Waals surface area contributed by atoms with Gasteiger partial charge in [0.2, 0.25) is 0 Å². The quantitative estimate of drug-likeness (QED) is 0.692. The van der Waals surface area contributed by atoms with Crippen LogP contribution in [0.15, 0.2) is 16.6 Å². The fraction of sp³-hybridized carbons (Fsp3) is 0. The highest BCUT2D eigenvalue weighted by molar-refractivity contribution is 9.10. The van der Waals surface area contributed by atoms with Gasteiger partial charge in [-0.05, 0) is 28.1 Å². The molecule has 0 atom stereocenters. The zero-order valence-electron chi connectivity index (χ0n) is 4.36. The van der Waals surface area contributed by atoms with E-state index in [0.29, 0.717) is 9.50 Å². The van der Waals surface area contributed by atoms with Crippen molar-refractivity contribution < 1.29 is 5.11 Å². The van der Waals surface area contributed by atoms with E-state index in [9.17, 15) is 0 Å². The predicted octanol–water partition coefficient (Wildman–Crippen LogP) is 2.61. The van der Waals surface area contributed by atoms with E-state index < -0.39 is 0 Å². The summed E-state index contributed by atoms with van der Waals surface area (Å²) < 4.78 is 0.657. The first kappa shape index (κ1) is 6.90. The third kappa shape index (κ3) is 1.60. The van der Waals surface area contributed by atoms with E-state index in [1.807, 2.05) is 0 Å². The first-order valence-electron chi connectivity index (χ1n) is 2.26. The number of hydrogen-bond donors (Lipinski definition) is 1. The summed E-state index contributed by atoms with van der Waals surface area (Å²) in [5.41, 5.74) is 0. The average molecular weight is 206 g/mol. The zero-order valence-corrected chi connectivity index (χ0v) is 6.70. The number of aromatic hydroxyl groups is 1. The Morgan fingerprint density at radius 2 is 2.33 bits per heavy atom. The highest BCUT2D eigenvalue weighted by Crippen LogP contribution is 2.24. The molecule has 0 heterocycles. The van der Waals surface area contributed by atoms with E-state index in [2.05, 4.69) is 22.0 Å². The largest absolute Gasteiger partial charge is 0.508 e. The van der Waals surface area contributed by atoms with E-state index in [4.69, 9.17) is 16.7 Å². The lowest BCUT2D eigenvalue weighted by Crippen LogP contribution is -1.67. The minimum atomic E-state index is 0.159. The van der Waals surface area contributed by atoms with Crippen molar-refractivity contribution in [3.63, 3.8) is 0 Å². The smallest absolute Gasteiger partial charge is 0.117 e. The highest BCUT2D eigenvalue weighted by Gasteiger charge is 1.95. The fourth-order valence-corrected chi connectivity index (χ4v) is 0.899. The van der Waals surface area contributed by atoms with Crippen LogP contribution in [0.2, 0.25) is 5.02 Å². The topological polar surface area (TPSA) is 20.2 Å². The van der Waals surface area contributed by atoms with Crippen LogP contribution in [0.1, 0.15) is 0 Å². The molecular formula is C6H3BrClO. The molecule has 1 aromatic carbocycles. The minimum Gasteiger partial charge on any atom is -0.508 e. The molecule has 0 unspecified atom stereocenters. The molecule has 0 saturated carbocycles. The molecule has 1 rings (SSSR count). The molecule has 0 aliphatic rings. The number of phenolic OH excluding ortho intramolecular Hbond substituents is 1. The molecule has 1 radical (unpaired) electrons. The van der Waals surface area contributed by atoms with Gasteiger partial charge < -0.3 is 5.11 Å². The molecule has 9 heavy (non-hydrogen) atoms. The molecule has 0 fully saturated rings. The molecule has 0 amide bonds. The summed E-state index contributed by atoms with van der Waals surface area (Å²) in [5.74, 6) is 0.159. The first-order valence-corrected chi connectivity index (χ1v) is 3.43. The summed E-state index contributed by atoms with van der Waals surface area (Å²) in [7, 11) is 0. The average Bonchev–Trinajstić information content (AvgIpc) is 1.80. The van der Waals surface area contributed by atoms with Gasteiger partial charge in [-0.15, -0.1) is 0 Å². The molecule has 0 saturated heterocycles. The van der Waals surface area contributed by atoms with Crippen molar-refractivity contribution in [1.29, 1.82) is 0 Å². The van der Waals surface area contributed by atoms with Crippen molar-refractivity contribution in [2.45, 2.75) is 0 Å². The minimum absolute atomic E-state index is 0.159. The van der Waals surface area contributed by atoms with E-state index in [-0.39, 0.29) is 5.75 Å². The standard InChI is InChI=1S/C6H3BrClO/c7-5-3-4(9)1-2-6(5)8/h1,3,9H. The van der Waals surface area contributed by atoms with Gasteiger partial charge in [0.1, 0.15) is 5.75 Å². The summed E-state index contributed by atoms with van der Waals surface area (Å²) in [6.07, 6.45) is 0. The Labute approximate surface area is 66.4 Å². The fourth-order valence-electron chi connectivity index (χ4n) is 0.441. The Hall–Kier alpha value is -0.210. The lowest BCUT2D eigenvalue weighted by atomic mass is 10.3. The monoisotopic (exact) mass is 205 g/mol. The number of halogens is 2. The van der Waals surface area contributed by atoms with E-state index >= 15 is 0 Å². The van der Waals surface area contributed by atoms with Crippen molar-refractivity contribution in [1.82, 2.24) is 0 Å². The molecule has 1 aromatic rings. The van der Waals surface area contributed by atoms with Gasteiger partial charge in [0.05, 0.1) is 5.02 Å². The van der Waals surface area contributed by atoms with Crippen molar-refractivity contribution in [3.05, 3.63) is 27.7 Å². The molecule has 47 valence electrons. The normalized spacial score (nSPS) is 9.56. The summed E-state index contributed by atoms with van der Waals surface area (Å²) in [6.45, 7) is 0. The van der Waals surface area contributed by atoms with Gasteiger partial charge in [0.15, 0.2) is 0 Å². The predicted molar refractivity (Wildman–Crippen MR) is 39.7 cm³/mol. The van der Waals surface area contributed by atoms with Crippen LogP contribution in [0.4, 0.5) is 0 Å². The number of rotatable bonds is 0. The summed E-state index contributed by atoms with van der Waals surface area (Å²) in [4.78, 5) is 0. The van der Waals surface area contributed by atoms with Crippen LogP contribution in [0, 0.1) is 6.07 Å². The Morgan fingerprint density at radius 3 is 2.78 bits per heavy atom. The molecule has 0 bridgehead atoms. The van der Waals surface area contributed by atoms with Crippen LogP contribution >= 0.6 is 27.5 Å². The van der Waals surface area contributed by atoms with E-state index in [1.54, 1.807) is 0 Å². The third-order valence-corrected chi connectivity index (χ3v) is 2.00. The van der Waals surface area contributed by atoms with Crippen molar-refractivity contribution in [2.24, 2.45) is 0 Å². The Bertz CT molecular complexity index is 224. The van der Waals surface area contributed by atoms with Crippen molar-refractivity contribution >= 4 is 27.5 Å². The molecular weight excluding hydrogens is 203 g/mol.